The molecule has 0 fully saturated rings. The third-order valence-electron chi connectivity index (χ3n) is 2.15. The molecule has 1 heterocycles. The third kappa shape index (κ3) is 4.10. The smallest absolute Gasteiger partial charge is 0.351 e. The monoisotopic (exact) mass is 288 g/mol. The average Bonchev–Trinajstić information content (AvgIpc) is 2.80. The normalized spacial score (nSPS) is 12.1. The molecule has 0 atom stereocenters. The van der Waals surface area contributed by atoms with Gasteiger partial charge in [0.2, 0.25) is 0 Å². The Morgan fingerprint density at radius 1 is 1.58 bits per heavy atom. The molecular formula is C12H11F3N2OS. The molecule has 1 N–H and O–H groups in total. The lowest BCUT2D eigenvalue weighted by atomic mass is 10.1. The van der Waals surface area contributed by atoms with Crippen LogP contribution in [0.5, 0.6) is 0 Å². The molecule has 0 spiro atoms. The zero-order valence-electron chi connectivity index (χ0n) is 10.0. The highest BCUT2D eigenvalue weighted by molar-refractivity contribution is 7.10. The summed E-state index contributed by atoms with van der Waals surface area (Å²) in [5.74, 6) is -0.663. The maximum atomic E-state index is 12.6. The Morgan fingerprint density at radius 2 is 2.26 bits per heavy atom. The predicted molar refractivity (Wildman–Crippen MR) is 66.2 cm³/mol. The first-order valence-electron chi connectivity index (χ1n) is 5.44. The van der Waals surface area contributed by atoms with E-state index in [4.69, 9.17) is 5.26 Å². The quantitative estimate of drug-likeness (QED) is 0.683. The maximum absolute atomic E-state index is 12.6. The van der Waals surface area contributed by atoms with Crippen LogP contribution in [0.3, 0.4) is 0 Å². The Balaban J connectivity index is 3.03. The number of hydrogen-bond donors (Lipinski definition) is 1. The van der Waals surface area contributed by atoms with Gasteiger partial charge in [-0.2, -0.15) is 18.4 Å². The Morgan fingerprint density at radius 3 is 2.79 bits per heavy atom. The van der Waals surface area contributed by atoms with E-state index in [2.05, 4.69) is 5.32 Å². The average molecular weight is 288 g/mol. The van der Waals surface area contributed by atoms with Crippen LogP contribution < -0.4 is 5.32 Å². The number of rotatable bonds is 4. The van der Waals surface area contributed by atoms with Crippen LogP contribution in [0.2, 0.25) is 0 Å². The number of halogens is 3. The van der Waals surface area contributed by atoms with Gasteiger partial charge in [0.05, 0.1) is 0 Å². The van der Waals surface area contributed by atoms with Crippen LogP contribution in [0.15, 0.2) is 17.0 Å². The summed E-state index contributed by atoms with van der Waals surface area (Å²) < 4.78 is 37.9. The van der Waals surface area contributed by atoms with Gasteiger partial charge in [-0.3, -0.25) is 4.79 Å². The topological polar surface area (TPSA) is 52.9 Å². The minimum Gasteiger partial charge on any atom is -0.351 e. The van der Waals surface area contributed by atoms with Crippen molar-refractivity contribution in [2.24, 2.45) is 0 Å². The van der Waals surface area contributed by atoms with Crippen LogP contribution in [0.1, 0.15) is 23.8 Å². The van der Waals surface area contributed by atoms with E-state index in [-0.39, 0.29) is 11.1 Å². The molecule has 0 aliphatic carbocycles. The molecule has 19 heavy (non-hydrogen) atoms. The minimum atomic E-state index is -4.49. The van der Waals surface area contributed by atoms with E-state index < -0.39 is 17.0 Å². The van der Waals surface area contributed by atoms with Crippen molar-refractivity contribution in [3.05, 3.63) is 27.5 Å². The van der Waals surface area contributed by atoms with Gasteiger partial charge in [0.25, 0.3) is 5.91 Å². The van der Waals surface area contributed by atoms with Crippen molar-refractivity contribution in [2.45, 2.75) is 19.5 Å². The number of carbonyl (C=O) groups excluding carboxylic acids is 1. The van der Waals surface area contributed by atoms with Crippen molar-refractivity contribution in [1.29, 1.82) is 5.26 Å². The van der Waals surface area contributed by atoms with E-state index in [1.54, 1.807) is 6.07 Å². The summed E-state index contributed by atoms with van der Waals surface area (Å²) in [5.41, 5.74) is -0.502. The van der Waals surface area contributed by atoms with Gasteiger partial charge in [0.1, 0.15) is 16.5 Å². The fourth-order valence-corrected chi connectivity index (χ4v) is 2.05. The second kappa shape index (κ2) is 6.38. The number of amides is 1. The first-order valence-corrected chi connectivity index (χ1v) is 6.32. The van der Waals surface area contributed by atoms with E-state index in [1.165, 1.54) is 11.4 Å². The maximum Gasteiger partial charge on any atom is 0.426 e. The van der Waals surface area contributed by atoms with Gasteiger partial charge >= 0.3 is 6.18 Å². The lowest BCUT2D eigenvalue weighted by Gasteiger charge is -2.05. The number of alkyl halides is 3. The van der Waals surface area contributed by atoms with E-state index in [0.29, 0.717) is 24.3 Å². The lowest BCUT2D eigenvalue weighted by molar-refractivity contribution is -0.134. The fraction of sp³-hybridized carbons (Fsp3) is 0.333. The molecule has 1 amide bonds. The molecule has 0 bridgehead atoms. The molecule has 0 unspecified atom stereocenters. The van der Waals surface area contributed by atoms with Crippen LogP contribution in [-0.4, -0.2) is 12.5 Å². The second-order valence-electron chi connectivity index (χ2n) is 3.63. The molecule has 102 valence electrons. The van der Waals surface area contributed by atoms with Crippen molar-refractivity contribution in [2.75, 3.05) is 6.54 Å². The summed E-state index contributed by atoms with van der Waals surface area (Å²) in [6.45, 7) is 2.20. The molecule has 0 saturated heterocycles. The molecule has 1 rings (SSSR count). The van der Waals surface area contributed by atoms with Crippen LogP contribution in [-0.2, 0) is 11.0 Å². The molecule has 3 nitrogen and oxygen atoms in total. The summed E-state index contributed by atoms with van der Waals surface area (Å²) in [5, 5.41) is 12.5. The Bertz CT molecular complexity index is 526. The van der Waals surface area contributed by atoms with Gasteiger partial charge < -0.3 is 5.32 Å². The van der Waals surface area contributed by atoms with Crippen LogP contribution in [0.25, 0.3) is 6.08 Å². The summed E-state index contributed by atoms with van der Waals surface area (Å²) in [6, 6.07) is 2.85. The summed E-state index contributed by atoms with van der Waals surface area (Å²) in [6.07, 6.45) is -2.85. The van der Waals surface area contributed by atoms with Gasteiger partial charge in [-0.15, -0.1) is 11.3 Å². The minimum absolute atomic E-state index is 0.166. The Labute approximate surface area is 112 Å². The van der Waals surface area contributed by atoms with Crippen molar-refractivity contribution in [3.63, 3.8) is 0 Å². The van der Waals surface area contributed by atoms with Crippen molar-refractivity contribution < 1.29 is 18.0 Å². The molecule has 0 radical (unpaired) electrons. The second-order valence-corrected chi connectivity index (χ2v) is 4.54. The van der Waals surface area contributed by atoms with Gasteiger partial charge in [0.15, 0.2) is 0 Å². The van der Waals surface area contributed by atoms with E-state index in [0.717, 1.165) is 6.08 Å². The molecule has 7 heteroatoms. The number of carbonyl (C=O) groups is 1. The number of nitriles is 1. The Kier molecular flexibility index (Phi) is 5.12. The molecule has 1 aromatic heterocycles. The Hall–Kier alpha value is -1.81. The van der Waals surface area contributed by atoms with Crippen molar-refractivity contribution in [1.82, 2.24) is 5.32 Å². The van der Waals surface area contributed by atoms with Gasteiger partial charge in [-0.05, 0) is 29.5 Å². The van der Waals surface area contributed by atoms with Crippen LogP contribution in [0.4, 0.5) is 13.2 Å². The molecule has 0 aliphatic rings. The standard InChI is InChI=1S/C12H11F3N2OS/c1-2-4-17-11(18)9(7-16)6-8-3-5-19-10(8)12(13,14)15/h3,5-6H,2,4H2,1H3,(H,17,18)/b9-6+. The zero-order chi connectivity index (χ0) is 14.5. The zero-order valence-corrected chi connectivity index (χ0v) is 10.9. The van der Waals surface area contributed by atoms with Gasteiger partial charge in [-0.1, -0.05) is 6.92 Å². The van der Waals surface area contributed by atoms with E-state index in [9.17, 15) is 18.0 Å². The van der Waals surface area contributed by atoms with Crippen molar-refractivity contribution in [3.8, 4) is 6.07 Å². The highest BCUT2D eigenvalue weighted by atomic mass is 32.1. The number of nitrogens with zero attached hydrogens (tertiary/aromatic N) is 1. The first-order chi connectivity index (χ1) is 8.90. The van der Waals surface area contributed by atoms with Crippen LogP contribution in [0, 0.1) is 11.3 Å². The number of thiophene rings is 1. The van der Waals surface area contributed by atoms with Crippen molar-refractivity contribution >= 4 is 23.3 Å². The molecule has 0 aromatic carbocycles. The highest BCUT2D eigenvalue weighted by Crippen LogP contribution is 2.36. The number of hydrogen-bond acceptors (Lipinski definition) is 3. The summed E-state index contributed by atoms with van der Waals surface area (Å²) >= 11 is 0.528. The largest absolute Gasteiger partial charge is 0.426 e. The first kappa shape index (κ1) is 15.2. The van der Waals surface area contributed by atoms with E-state index >= 15 is 0 Å². The van der Waals surface area contributed by atoms with E-state index in [1.807, 2.05) is 6.92 Å². The van der Waals surface area contributed by atoms with Crippen LogP contribution >= 0.6 is 11.3 Å². The lowest BCUT2D eigenvalue weighted by Crippen LogP contribution is -2.25. The summed E-state index contributed by atoms with van der Waals surface area (Å²) in [4.78, 5) is 10.7. The van der Waals surface area contributed by atoms with Gasteiger partial charge in [0, 0.05) is 6.54 Å². The highest BCUT2D eigenvalue weighted by Gasteiger charge is 2.34. The fourth-order valence-electron chi connectivity index (χ4n) is 1.30. The SMILES string of the molecule is CCCNC(=O)/C(C#N)=C/c1ccsc1C(F)(F)F. The predicted octanol–water partition coefficient (Wildman–Crippen LogP) is 3.20. The molecule has 0 aliphatic heterocycles. The molecule has 0 saturated carbocycles. The molecular weight excluding hydrogens is 277 g/mol. The van der Waals surface area contributed by atoms with Gasteiger partial charge in [-0.25, -0.2) is 0 Å². The summed E-state index contributed by atoms with van der Waals surface area (Å²) in [7, 11) is 0. The molecule has 1 aromatic rings. The number of nitrogens with one attached hydrogen (secondary N) is 1. The third-order valence-corrected chi connectivity index (χ3v) is 3.13.